The van der Waals surface area contributed by atoms with Crippen LogP contribution in [0.15, 0.2) is 60.5 Å². The van der Waals surface area contributed by atoms with Gasteiger partial charge in [-0.15, -0.1) is 5.11 Å². The summed E-state index contributed by atoms with van der Waals surface area (Å²) in [5.41, 5.74) is 0.797. The minimum absolute atomic E-state index is 0.0137. The number of hydrogen-bond acceptors (Lipinski definition) is 5. The molecule has 1 aliphatic heterocycles. The number of rotatable bonds is 4. The fourth-order valence-corrected chi connectivity index (χ4v) is 5.22. The predicted octanol–water partition coefficient (Wildman–Crippen LogP) is 5.12. The van der Waals surface area contributed by atoms with Crippen LogP contribution in [0.25, 0.3) is 0 Å². The first kappa shape index (κ1) is 18.5. The van der Waals surface area contributed by atoms with Crippen LogP contribution in [0.1, 0.15) is 12.8 Å². The third kappa shape index (κ3) is 4.11. The molecule has 0 amide bonds. The molecule has 0 unspecified atom stereocenters. The van der Waals surface area contributed by atoms with Crippen molar-refractivity contribution in [2.24, 2.45) is 10.2 Å². The van der Waals surface area contributed by atoms with Crippen LogP contribution < -0.4 is 0 Å². The van der Waals surface area contributed by atoms with E-state index >= 15 is 0 Å². The Balaban J connectivity index is 1.81. The average Bonchev–Trinajstić information content (AvgIpc) is 3.12. The predicted molar refractivity (Wildman–Crippen MR) is 102 cm³/mol. The number of azo groups is 1. The van der Waals surface area contributed by atoms with Crippen molar-refractivity contribution in [1.29, 1.82) is 0 Å². The zero-order valence-corrected chi connectivity index (χ0v) is 17.1. The molecule has 0 saturated carbocycles. The third-order valence-electron chi connectivity index (χ3n) is 3.82. The van der Waals surface area contributed by atoms with E-state index < -0.39 is 10.0 Å². The largest absolute Gasteiger partial charge is 0.505 e. The first-order chi connectivity index (χ1) is 11.9. The Morgan fingerprint density at radius 3 is 2.28 bits per heavy atom. The number of benzene rings is 2. The van der Waals surface area contributed by atoms with Crippen LogP contribution in [0.3, 0.4) is 0 Å². The molecule has 1 heterocycles. The summed E-state index contributed by atoms with van der Waals surface area (Å²) in [7, 11) is -3.43. The second-order valence-electron chi connectivity index (χ2n) is 5.56. The summed E-state index contributed by atoms with van der Waals surface area (Å²) >= 11 is 6.56. The highest BCUT2D eigenvalue weighted by atomic mass is 79.9. The standard InChI is InChI=1S/C16H15Br2N3O3S/c17-11-9-14(18)16(22)15(10-11)20-19-12-3-5-13(6-4-12)25(23,24)21-7-1-2-8-21/h3-6,9-10,22H,1-2,7-8H2. The molecule has 1 N–H and O–H groups in total. The van der Waals surface area contributed by atoms with Crippen molar-refractivity contribution >= 4 is 53.3 Å². The van der Waals surface area contributed by atoms with Crippen molar-refractivity contribution in [3.63, 3.8) is 0 Å². The molecule has 0 atom stereocenters. The summed E-state index contributed by atoms with van der Waals surface area (Å²) in [4.78, 5) is 0.251. The molecule has 6 nitrogen and oxygen atoms in total. The van der Waals surface area contributed by atoms with Crippen LogP contribution >= 0.6 is 31.9 Å². The van der Waals surface area contributed by atoms with Crippen LogP contribution in [0.5, 0.6) is 5.75 Å². The average molecular weight is 489 g/mol. The quantitative estimate of drug-likeness (QED) is 0.606. The first-order valence-corrected chi connectivity index (χ1v) is 10.6. The fourth-order valence-electron chi connectivity index (χ4n) is 2.50. The van der Waals surface area contributed by atoms with E-state index in [0.717, 1.165) is 17.3 Å². The summed E-state index contributed by atoms with van der Waals surface area (Å²) in [5.74, 6) is -0.0137. The molecule has 9 heteroatoms. The molecule has 0 radical (unpaired) electrons. The summed E-state index contributed by atoms with van der Waals surface area (Å²) in [6, 6.07) is 9.58. The van der Waals surface area contributed by atoms with Crippen molar-refractivity contribution in [2.45, 2.75) is 17.7 Å². The number of sulfonamides is 1. The molecule has 2 aromatic carbocycles. The van der Waals surface area contributed by atoms with E-state index in [1.165, 1.54) is 16.4 Å². The lowest BCUT2D eigenvalue weighted by Crippen LogP contribution is -2.27. The molecule has 3 rings (SSSR count). The van der Waals surface area contributed by atoms with Crippen molar-refractivity contribution < 1.29 is 13.5 Å². The molecule has 0 aliphatic carbocycles. The summed E-state index contributed by atoms with van der Waals surface area (Å²) in [6.07, 6.45) is 1.80. The number of phenolic OH excluding ortho intramolecular Hbond substituents is 1. The highest BCUT2D eigenvalue weighted by Gasteiger charge is 2.26. The minimum Gasteiger partial charge on any atom is -0.505 e. The number of nitrogens with zero attached hydrogens (tertiary/aromatic N) is 3. The molecular weight excluding hydrogens is 474 g/mol. The molecule has 1 saturated heterocycles. The van der Waals surface area contributed by atoms with E-state index in [-0.39, 0.29) is 10.6 Å². The molecule has 1 fully saturated rings. The Morgan fingerprint density at radius 2 is 1.64 bits per heavy atom. The van der Waals surface area contributed by atoms with Gasteiger partial charge in [0.25, 0.3) is 0 Å². The Hall–Kier alpha value is -1.29. The van der Waals surface area contributed by atoms with E-state index in [9.17, 15) is 13.5 Å². The van der Waals surface area contributed by atoms with Crippen LogP contribution in [0.2, 0.25) is 0 Å². The van der Waals surface area contributed by atoms with Gasteiger partial charge in [0.2, 0.25) is 10.0 Å². The van der Waals surface area contributed by atoms with Crippen LogP contribution in [-0.2, 0) is 10.0 Å². The maximum atomic E-state index is 12.5. The fraction of sp³-hybridized carbons (Fsp3) is 0.250. The van der Waals surface area contributed by atoms with E-state index in [2.05, 4.69) is 42.1 Å². The Bertz CT molecular complexity index is 909. The van der Waals surface area contributed by atoms with Gasteiger partial charge in [-0.3, -0.25) is 0 Å². The Morgan fingerprint density at radius 1 is 1.00 bits per heavy atom. The van der Waals surface area contributed by atoms with Crippen molar-refractivity contribution in [1.82, 2.24) is 4.31 Å². The van der Waals surface area contributed by atoms with Gasteiger partial charge in [0.05, 0.1) is 15.1 Å². The zero-order chi connectivity index (χ0) is 18.0. The van der Waals surface area contributed by atoms with E-state index in [4.69, 9.17) is 0 Å². The van der Waals surface area contributed by atoms with Gasteiger partial charge in [0.15, 0.2) is 5.75 Å². The maximum absolute atomic E-state index is 12.5. The van der Waals surface area contributed by atoms with Crippen LogP contribution in [0.4, 0.5) is 11.4 Å². The van der Waals surface area contributed by atoms with Gasteiger partial charge in [-0.1, -0.05) is 15.9 Å². The number of phenols is 1. The zero-order valence-electron chi connectivity index (χ0n) is 13.1. The number of halogens is 2. The summed E-state index contributed by atoms with van der Waals surface area (Å²) in [5, 5.41) is 18.0. The number of hydrogen-bond donors (Lipinski definition) is 1. The smallest absolute Gasteiger partial charge is 0.243 e. The van der Waals surface area contributed by atoms with E-state index in [1.807, 2.05) is 0 Å². The molecule has 132 valence electrons. The third-order valence-corrected chi connectivity index (χ3v) is 6.80. The second-order valence-corrected chi connectivity index (χ2v) is 9.27. The summed E-state index contributed by atoms with van der Waals surface area (Å²) in [6.45, 7) is 1.14. The van der Waals surface area contributed by atoms with Crippen molar-refractivity contribution in [3.8, 4) is 5.75 Å². The molecule has 1 aliphatic rings. The monoisotopic (exact) mass is 487 g/mol. The van der Waals surface area contributed by atoms with Gasteiger partial charge in [0.1, 0.15) is 5.69 Å². The van der Waals surface area contributed by atoms with E-state index in [0.29, 0.717) is 28.9 Å². The lowest BCUT2D eigenvalue weighted by molar-refractivity contribution is 0.473. The Kier molecular flexibility index (Phi) is 5.57. The van der Waals surface area contributed by atoms with Gasteiger partial charge in [-0.25, -0.2) is 8.42 Å². The lowest BCUT2D eigenvalue weighted by Gasteiger charge is -2.15. The summed E-state index contributed by atoms with van der Waals surface area (Å²) < 4.78 is 27.7. The topological polar surface area (TPSA) is 82.3 Å². The molecule has 25 heavy (non-hydrogen) atoms. The maximum Gasteiger partial charge on any atom is 0.243 e. The SMILES string of the molecule is O=S(=O)(c1ccc(N=Nc2cc(Br)cc(Br)c2O)cc1)N1CCCC1. The highest BCUT2D eigenvalue weighted by Crippen LogP contribution is 2.38. The van der Waals surface area contributed by atoms with Gasteiger partial charge in [-0.05, 0) is 65.2 Å². The number of aromatic hydroxyl groups is 1. The molecular formula is C16H15Br2N3O3S. The normalized spacial score (nSPS) is 15.9. The molecule has 0 bridgehead atoms. The van der Waals surface area contributed by atoms with Gasteiger partial charge < -0.3 is 5.11 Å². The van der Waals surface area contributed by atoms with Gasteiger partial charge in [-0.2, -0.15) is 9.42 Å². The molecule has 2 aromatic rings. The Labute approximate surface area is 162 Å². The minimum atomic E-state index is -3.43. The molecule has 0 spiro atoms. The van der Waals surface area contributed by atoms with Crippen molar-refractivity contribution in [3.05, 3.63) is 45.3 Å². The lowest BCUT2D eigenvalue weighted by atomic mass is 10.3. The van der Waals surface area contributed by atoms with Crippen LogP contribution in [-0.4, -0.2) is 30.9 Å². The van der Waals surface area contributed by atoms with Gasteiger partial charge >= 0.3 is 0 Å². The molecule has 0 aromatic heterocycles. The van der Waals surface area contributed by atoms with Crippen LogP contribution in [0, 0.1) is 0 Å². The van der Waals surface area contributed by atoms with Crippen molar-refractivity contribution in [2.75, 3.05) is 13.1 Å². The van der Waals surface area contributed by atoms with E-state index in [1.54, 1.807) is 24.3 Å². The highest BCUT2D eigenvalue weighted by molar-refractivity contribution is 9.11. The van der Waals surface area contributed by atoms with Gasteiger partial charge in [0, 0.05) is 17.6 Å². The first-order valence-electron chi connectivity index (χ1n) is 7.58. The second kappa shape index (κ2) is 7.53.